The Hall–Kier alpha value is -1.50. The first-order valence-electron chi connectivity index (χ1n) is 11.3. The predicted molar refractivity (Wildman–Crippen MR) is 109 cm³/mol. The van der Waals surface area contributed by atoms with Gasteiger partial charge in [0.1, 0.15) is 6.10 Å². The molecular weight excluding hydrogens is 384 g/mol. The van der Waals surface area contributed by atoms with E-state index >= 15 is 0 Å². The van der Waals surface area contributed by atoms with E-state index in [1.165, 1.54) is 12.3 Å². The van der Waals surface area contributed by atoms with Gasteiger partial charge < -0.3 is 19.7 Å². The van der Waals surface area contributed by atoms with Crippen LogP contribution in [0.5, 0.6) is 0 Å². The molecule has 0 spiro atoms. The standard InChI is InChI=1S/C24H32O6/c1-22-9-7-15(25)11-14(22)4-5-17-19(22)20(27)21(28)23(2)16(8-10-24(17,23)29)13-3-6-18(26)30-12-13/h3,6,12,14-17,19-20,25,27,29H,4-5,7-11H2,1-2H3/t14-,15+,16-,17-,19?,20?,22+,23+,24+/m1/s1. The largest absolute Gasteiger partial charge is 0.431 e. The molecule has 9 atom stereocenters. The van der Waals surface area contributed by atoms with Gasteiger partial charge in [0.15, 0.2) is 5.78 Å². The molecule has 4 saturated carbocycles. The number of carbonyl (C=O) groups is 1. The van der Waals surface area contributed by atoms with Crippen molar-refractivity contribution in [1.82, 2.24) is 0 Å². The molecule has 0 aromatic carbocycles. The monoisotopic (exact) mass is 416 g/mol. The number of rotatable bonds is 1. The van der Waals surface area contributed by atoms with Crippen molar-refractivity contribution in [2.45, 2.75) is 82.5 Å². The summed E-state index contributed by atoms with van der Waals surface area (Å²) >= 11 is 0. The van der Waals surface area contributed by atoms with Gasteiger partial charge in [-0.05, 0) is 80.8 Å². The van der Waals surface area contributed by atoms with Gasteiger partial charge in [0.25, 0.3) is 0 Å². The maximum absolute atomic E-state index is 13.8. The van der Waals surface area contributed by atoms with Crippen molar-refractivity contribution in [3.8, 4) is 0 Å². The van der Waals surface area contributed by atoms with E-state index in [4.69, 9.17) is 4.42 Å². The molecule has 6 heteroatoms. The van der Waals surface area contributed by atoms with E-state index in [-0.39, 0.29) is 41.0 Å². The van der Waals surface area contributed by atoms with Crippen LogP contribution < -0.4 is 5.63 Å². The van der Waals surface area contributed by atoms with Gasteiger partial charge in [0, 0.05) is 17.9 Å². The average Bonchev–Trinajstić information content (AvgIpc) is 3.00. The summed E-state index contributed by atoms with van der Waals surface area (Å²) in [6, 6.07) is 3.03. The molecule has 4 aliphatic carbocycles. The fourth-order valence-corrected chi connectivity index (χ4v) is 8.13. The van der Waals surface area contributed by atoms with Crippen molar-refractivity contribution >= 4 is 5.78 Å². The van der Waals surface area contributed by atoms with Crippen LogP contribution in [0.25, 0.3) is 0 Å². The van der Waals surface area contributed by atoms with E-state index in [9.17, 15) is 24.9 Å². The molecule has 164 valence electrons. The topological polar surface area (TPSA) is 108 Å². The molecule has 1 aromatic rings. The first-order valence-corrected chi connectivity index (χ1v) is 11.3. The van der Waals surface area contributed by atoms with E-state index in [2.05, 4.69) is 6.92 Å². The second-order valence-electron chi connectivity index (χ2n) is 10.8. The highest BCUT2D eigenvalue weighted by Gasteiger charge is 2.73. The lowest BCUT2D eigenvalue weighted by Gasteiger charge is -2.64. The number of aliphatic hydroxyl groups excluding tert-OH is 2. The van der Waals surface area contributed by atoms with Crippen LogP contribution in [0.2, 0.25) is 0 Å². The molecule has 0 bridgehead atoms. The maximum Gasteiger partial charge on any atom is 0.335 e. The average molecular weight is 417 g/mol. The lowest BCUT2D eigenvalue weighted by molar-refractivity contribution is -0.228. The molecule has 1 aromatic heterocycles. The van der Waals surface area contributed by atoms with E-state index in [0.717, 1.165) is 24.8 Å². The highest BCUT2D eigenvalue weighted by molar-refractivity contribution is 5.93. The highest BCUT2D eigenvalue weighted by Crippen LogP contribution is 2.69. The minimum absolute atomic E-state index is 0.160. The molecular formula is C24H32O6. The van der Waals surface area contributed by atoms with Gasteiger partial charge in [-0.25, -0.2) is 4.79 Å². The molecule has 2 unspecified atom stereocenters. The van der Waals surface area contributed by atoms with Gasteiger partial charge in [0.2, 0.25) is 0 Å². The quantitative estimate of drug-likeness (QED) is 0.649. The van der Waals surface area contributed by atoms with Gasteiger partial charge >= 0.3 is 5.63 Å². The molecule has 0 amide bonds. The van der Waals surface area contributed by atoms with Crippen molar-refractivity contribution in [2.75, 3.05) is 0 Å². The summed E-state index contributed by atoms with van der Waals surface area (Å²) in [6.45, 7) is 3.96. The van der Waals surface area contributed by atoms with Crippen LogP contribution in [0.1, 0.15) is 70.3 Å². The summed E-state index contributed by atoms with van der Waals surface area (Å²) in [6.07, 6.45) is 4.88. The number of ketones is 1. The Labute approximate surface area is 176 Å². The van der Waals surface area contributed by atoms with Gasteiger partial charge in [-0.15, -0.1) is 0 Å². The van der Waals surface area contributed by atoms with Gasteiger partial charge in [-0.3, -0.25) is 4.79 Å². The third-order valence-electron chi connectivity index (χ3n) is 9.80. The van der Waals surface area contributed by atoms with Crippen LogP contribution in [-0.4, -0.2) is 38.9 Å². The molecule has 5 rings (SSSR count). The van der Waals surface area contributed by atoms with Crippen LogP contribution in [0, 0.1) is 28.6 Å². The Balaban J connectivity index is 1.58. The second-order valence-corrected chi connectivity index (χ2v) is 10.8. The Morgan fingerprint density at radius 3 is 2.50 bits per heavy atom. The van der Waals surface area contributed by atoms with E-state index in [1.807, 2.05) is 0 Å². The van der Waals surface area contributed by atoms with E-state index < -0.39 is 22.7 Å². The number of Topliss-reactive ketones (excluding diaryl/α,β-unsaturated/α-hetero) is 1. The molecule has 30 heavy (non-hydrogen) atoms. The van der Waals surface area contributed by atoms with Crippen molar-refractivity contribution < 1.29 is 24.5 Å². The number of hydrogen-bond donors (Lipinski definition) is 3. The zero-order chi connectivity index (χ0) is 21.5. The SMILES string of the molecule is C[C@]12CC[C@H](O)C[C@H]1CC[C@@H]1C2C(O)C(=O)[C@]2(C)[C@@H](c3ccc(=O)oc3)CC[C@]12O. The first kappa shape index (κ1) is 20.4. The Bertz CT molecular complexity index is 904. The van der Waals surface area contributed by atoms with Crippen LogP contribution in [0.3, 0.4) is 0 Å². The molecule has 0 saturated heterocycles. The van der Waals surface area contributed by atoms with Crippen molar-refractivity contribution in [2.24, 2.45) is 28.6 Å². The Morgan fingerprint density at radius 1 is 1.03 bits per heavy atom. The molecule has 0 radical (unpaired) electrons. The van der Waals surface area contributed by atoms with Gasteiger partial charge in [-0.2, -0.15) is 0 Å². The Kier molecular flexibility index (Phi) is 4.42. The van der Waals surface area contributed by atoms with Gasteiger partial charge in [-0.1, -0.05) is 6.92 Å². The zero-order valence-corrected chi connectivity index (χ0v) is 17.7. The summed E-state index contributed by atoms with van der Waals surface area (Å²) in [5, 5.41) is 33.7. The normalized spacial score (nSPS) is 50.5. The second kappa shape index (κ2) is 6.50. The van der Waals surface area contributed by atoms with Gasteiger partial charge in [0.05, 0.1) is 23.4 Å². The molecule has 1 heterocycles. The molecule has 4 aliphatic rings. The number of aliphatic hydroxyl groups is 3. The Morgan fingerprint density at radius 2 is 1.80 bits per heavy atom. The fraction of sp³-hybridized carbons (Fsp3) is 0.750. The highest BCUT2D eigenvalue weighted by atomic mass is 16.4. The molecule has 0 aliphatic heterocycles. The number of hydrogen-bond acceptors (Lipinski definition) is 6. The summed E-state index contributed by atoms with van der Waals surface area (Å²) in [4.78, 5) is 25.2. The van der Waals surface area contributed by atoms with Crippen LogP contribution >= 0.6 is 0 Å². The van der Waals surface area contributed by atoms with E-state index in [1.54, 1.807) is 13.0 Å². The van der Waals surface area contributed by atoms with Crippen molar-refractivity contribution in [3.63, 3.8) is 0 Å². The lowest BCUT2D eigenvalue weighted by Crippen LogP contribution is -2.70. The third kappa shape index (κ3) is 2.41. The number of carbonyl (C=O) groups excluding carboxylic acids is 1. The summed E-state index contributed by atoms with van der Waals surface area (Å²) < 4.78 is 5.06. The number of fused-ring (bicyclic) bond motifs is 5. The summed E-state index contributed by atoms with van der Waals surface area (Å²) in [5.74, 6) is -0.769. The van der Waals surface area contributed by atoms with Crippen LogP contribution in [0.4, 0.5) is 0 Å². The van der Waals surface area contributed by atoms with E-state index in [0.29, 0.717) is 25.7 Å². The third-order valence-corrected chi connectivity index (χ3v) is 9.80. The van der Waals surface area contributed by atoms with Crippen LogP contribution in [-0.2, 0) is 4.79 Å². The lowest BCUT2D eigenvalue weighted by atomic mass is 9.42. The fourth-order valence-electron chi connectivity index (χ4n) is 8.13. The molecule has 3 N–H and O–H groups in total. The maximum atomic E-state index is 13.8. The smallest absolute Gasteiger partial charge is 0.335 e. The predicted octanol–water partition coefficient (Wildman–Crippen LogP) is 2.39. The zero-order valence-electron chi connectivity index (χ0n) is 17.7. The molecule has 4 fully saturated rings. The minimum Gasteiger partial charge on any atom is -0.431 e. The minimum atomic E-state index is -1.20. The van der Waals surface area contributed by atoms with Crippen molar-refractivity contribution in [3.05, 3.63) is 34.4 Å². The van der Waals surface area contributed by atoms with Crippen LogP contribution in [0.15, 0.2) is 27.6 Å². The van der Waals surface area contributed by atoms with Crippen molar-refractivity contribution in [1.29, 1.82) is 0 Å². The summed E-state index contributed by atoms with van der Waals surface area (Å²) in [7, 11) is 0. The summed E-state index contributed by atoms with van der Waals surface area (Å²) in [5.41, 5.74) is -2.29. The first-order chi connectivity index (χ1) is 14.1. The molecule has 6 nitrogen and oxygen atoms in total.